The molecule has 0 aromatic heterocycles. The highest BCUT2D eigenvalue weighted by molar-refractivity contribution is 7.80. The van der Waals surface area contributed by atoms with Crippen LogP contribution in [0.2, 0.25) is 0 Å². The minimum atomic E-state index is -1.19. The molecular formula is C13H16FNOS. The second kappa shape index (κ2) is 4.80. The van der Waals surface area contributed by atoms with Crippen molar-refractivity contribution in [2.75, 3.05) is 6.54 Å². The van der Waals surface area contributed by atoms with Gasteiger partial charge in [0, 0.05) is 10.9 Å². The molecule has 2 atom stereocenters. The van der Waals surface area contributed by atoms with Crippen LogP contribution in [0.4, 0.5) is 4.39 Å². The molecular weight excluding hydrogens is 237 g/mol. The number of hydrogen-bond acceptors (Lipinski definition) is 3. The zero-order valence-corrected chi connectivity index (χ0v) is 10.6. The van der Waals surface area contributed by atoms with E-state index in [1.165, 1.54) is 12.1 Å². The number of thiocarbonyl (C=S) groups is 1. The van der Waals surface area contributed by atoms with Crippen LogP contribution in [0.3, 0.4) is 0 Å². The average molecular weight is 253 g/mol. The second-order valence-corrected chi connectivity index (χ2v) is 5.03. The standard InChI is InChI=1S/C13H16FNOS/c1-13(16,9-4-6-10(14)7-5-9)12(17)11-3-2-8-15-11/h4-7,11,15-16H,2-3,8H2,1H3/t11-,13+/m0/s1. The van der Waals surface area contributed by atoms with Crippen molar-refractivity contribution >= 4 is 17.1 Å². The van der Waals surface area contributed by atoms with Gasteiger partial charge in [0.05, 0.1) is 0 Å². The second-order valence-electron chi connectivity index (χ2n) is 4.59. The molecule has 1 aromatic carbocycles. The zero-order valence-electron chi connectivity index (χ0n) is 9.74. The van der Waals surface area contributed by atoms with Gasteiger partial charge in [0.1, 0.15) is 11.4 Å². The Bertz CT molecular complexity index is 410. The summed E-state index contributed by atoms with van der Waals surface area (Å²) in [5.41, 5.74) is -0.553. The molecule has 17 heavy (non-hydrogen) atoms. The summed E-state index contributed by atoms with van der Waals surface area (Å²) in [5.74, 6) is -0.311. The van der Waals surface area contributed by atoms with Crippen LogP contribution in [0.15, 0.2) is 24.3 Å². The predicted molar refractivity (Wildman–Crippen MR) is 69.6 cm³/mol. The lowest BCUT2D eigenvalue weighted by atomic mass is 9.88. The highest BCUT2D eigenvalue weighted by Gasteiger charge is 2.34. The molecule has 2 nitrogen and oxygen atoms in total. The zero-order chi connectivity index (χ0) is 12.5. The summed E-state index contributed by atoms with van der Waals surface area (Å²) in [6.45, 7) is 2.60. The van der Waals surface area contributed by atoms with Crippen LogP contribution < -0.4 is 5.32 Å². The van der Waals surface area contributed by atoms with E-state index in [-0.39, 0.29) is 11.9 Å². The van der Waals surface area contributed by atoms with Crippen LogP contribution in [0.1, 0.15) is 25.3 Å². The van der Waals surface area contributed by atoms with E-state index in [1.54, 1.807) is 19.1 Å². The van der Waals surface area contributed by atoms with Crippen molar-refractivity contribution in [1.82, 2.24) is 5.32 Å². The number of aliphatic hydroxyl groups is 1. The first-order chi connectivity index (χ1) is 8.01. The third-order valence-corrected chi connectivity index (χ3v) is 3.94. The van der Waals surface area contributed by atoms with Crippen molar-refractivity contribution in [3.8, 4) is 0 Å². The van der Waals surface area contributed by atoms with Crippen molar-refractivity contribution in [1.29, 1.82) is 0 Å². The van der Waals surface area contributed by atoms with Crippen molar-refractivity contribution < 1.29 is 9.50 Å². The Balaban J connectivity index is 2.22. The van der Waals surface area contributed by atoms with E-state index in [0.29, 0.717) is 10.4 Å². The molecule has 1 saturated heterocycles. The van der Waals surface area contributed by atoms with E-state index in [9.17, 15) is 9.50 Å². The highest BCUT2D eigenvalue weighted by atomic mass is 32.1. The number of rotatable bonds is 3. The van der Waals surface area contributed by atoms with Crippen LogP contribution in [0.5, 0.6) is 0 Å². The molecule has 2 N–H and O–H groups in total. The molecule has 0 radical (unpaired) electrons. The highest BCUT2D eigenvalue weighted by Crippen LogP contribution is 2.26. The molecule has 0 unspecified atom stereocenters. The third-order valence-electron chi connectivity index (χ3n) is 3.26. The SMILES string of the molecule is C[C@](O)(C(=S)[C@@H]1CCCN1)c1ccc(F)cc1. The largest absolute Gasteiger partial charge is 0.380 e. The van der Waals surface area contributed by atoms with Gasteiger partial charge in [-0.25, -0.2) is 4.39 Å². The minimum absolute atomic E-state index is 0.0741. The molecule has 92 valence electrons. The molecule has 0 aliphatic carbocycles. The van der Waals surface area contributed by atoms with Crippen LogP contribution in [-0.4, -0.2) is 22.6 Å². The summed E-state index contributed by atoms with van der Waals surface area (Å²) >= 11 is 5.36. The fourth-order valence-corrected chi connectivity index (χ4v) is 2.48. The molecule has 0 saturated carbocycles. The normalized spacial score (nSPS) is 23.4. The van der Waals surface area contributed by atoms with Gasteiger partial charge in [-0.2, -0.15) is 0 Å². The molecule has 4 heteroatoms. The van der Waals surface area contributed by atoms with Gasteiger partial charge < -0.3 is 10.4 Å². The lowest BCUT2D eigenvalue weighted by Crippen LogP contribution is -2.43. The summed E-state index contributed by atoms with van der Waals surface area (Å²) < 4.78 is 12.9. The maximum absolute atomic E-state index is 12.9. The summed E-state index contributed by atoms with van der Waals surface area (Å²) in [7, 11) is 0. The molecule has 0 spiro atoms. The first kappa shape index (κ1) is 12.6. The number of hydrogen-bond donors (Lipinski definition) is 2. The van der Waals surface area contributed by atoms with E-state index in [0.717, 1.165) is 19.4 Å². The Morgan fingerprint density at radius 1 is 1.47 bits per heavy atom. The summed E-state index contributed by atoms with van der Waals surface area (Å²) in [4.78, 5) is 0.585. The van der Waals surface area contributed by atoms with E-state index < -0.39 is 5.60 Å². The number of benzene rings is 1. The lowest BCUT2D eigenvalue weighted by molar-refractivity contribution is 0.131. The van der Waals surface area contributed by atoms with Crippen molar-refractivity contribution in [2.24, 2.45) is 0 Å². The quantitative estimate of drug-likeness (QED) is 0.810. The first-order valence-corrected chi connectivity index (χ1v) is 6.19. The summed E-state index contributed by atoms with van der Waals surface area (Å²) in [6.07, 6.45) is 2.03. The van der Waals surface area contributed by atoms with E-state index in [2.05, 4.69) is 5.32 Å². The Labute approximate surface area is 106 Å². The molecule has 1 aliphatic rings. The van der Waals surface area contributed by atoms with Crippen LogP contribution >= 0.6 is 12.2 Å². The van der Waals surface area contributed by atoms with Crippen molar-refractivity contribution in [3.63, 3.8) is 0 Å². The Morgan fingerprint density at radius 2 is 2.12 bits per heavy atom. The first-order valence-electron chi connectivity index (χ1n) is 5.78. The van der Waals surface area contributed by atoms with Crippen LogP contribution in [0.25, 0.3) is 0 Å². The smallest absolute Gasteiger partial charge is 0.123 e. The van der Waals surface area contributed by atoms with Crippen LogP contribution in [0, 0.1) is 5.82 Å². The molecule has 1 heterocycles. The van der Waals surface area contributed by atoms with Gasteiger partial charge in [-0.3, -0.25) is 0 Å². The lowest BCUT2D eigenvalue weighted by Gasteiger charge is -2.28. The maximum Gasteiger partial charge on any atom is 0.123 e. The fraction of sp³-hybridized carbons (Fsp3) is 0.462. The molecule has 1 fully saturated rings. The fourth-order valence-electron chi connectivity index (χ4n) is 2.16. The topological polar surface area (TPSA) is 32.3 Å². The Hall–Kier alpha value is -0.840. The van der Waals surface area contributed by atoms with E-state index in [1.807, 2.05) is 0 Å². The van der Waals surface area contributed by atoms with E-state index in [4.69, 9.17) is 12.2 Å². The summed E-state index contributed by atoms with van der Waals surface area (Å²) in [6, 6.07) is 5.92. The van der Waals surface area contributed by atoms with Gasteiger partial charge >= 0.3 is 0 Å². The third kappa shape index (κ3) is 2.54. The molecule has 1 aromatic rings. The number of halogens is 1. The average Bonchev–Trinajstić information content (AvgIpc) is 2.82. The molecule has 0 amide bonds. The Morgan fingerprint density at radius 3 is 2.65 bits per heavy atom. The van der Waals surface area contributed by atoms with Gasteiger partial charge in [-0.15, -0.1) is 0 Å². The van der Waals surface area contributed by atoms with Gasteiger partial charge in [0.2, 0.25) is 0 Å². The van der Waals surface area contributed by atoms with Crippen LogP contribution in [-0.2, 0) is 5.60 Å². The van der Waals surface area contributed by atoms with Crippen molar-refractivity contribution in [2.45, 2.75) is 31.4 Å². The van der Waals surface area contributed by atoms with Gasteiger partial charge in [0.15, 0.2) is 0 Å². The van der Waals surface area contributed by atoms with Crippen molar-refractivity contribution in [3.05, 3.63) is 35.6 Å². The predicted octanol–water partition coefficient (Wildman–Crippen LogP) is 2.16. The number of nitrogens with one attached hydrogen (secondary N) is 1. The van der Waals surface area contributed by atoms with Gasteiger partial charge in [0.25, 0.3) is 0 Å². The molecule has 2 rings (SSSR count). The minimum Gasteiger partial charge on any atom is -0.380 e. The Kier molecular flexibility index (Phi) is 3.56. The monoisotopic (exact) mass is 253 g/mol. The molecule has 0 bridgehead atoms. The maximum atomic E-state index is 12.9. The van der Waals surface area contributed by atoms with Gasteiger partial charge in [-0.1, -0.05) is 24.4 Å². The summed E-state index contributed by atoms with van der Waals surface area (Å²) in [5, 5.41) is 13.8. The van der Waals surface area contributed by atoms with E-state index >= 15 is 0 Å². The molecule has 1 aliphatic heterocycles. The van der Waals surface area contributed by atoms with Gasteiger partial charge in [-0.05, 0) is 44.0 Å².